The Kier molecular flexibility index (Phi) is 4.88. The van der Waals surface area contributed by atoms with Crippen LogP contribution in [-0.2, 0) is 20.8 Å². The van der Waals surface area contributed by atoms with Gasteiger partial charge in [-0.1, -0.05) is 54.1 Å². The zero-order chi connectivity index (χ0) is 15.4. The number of hydrogen-bond acceptors (Lipinski definition) is 3. The van der Waals surface area contributed by atoms with Gasteiger partial charge in [-0.05, 0) is 25.0 Å². The fraction of sp³-hybridized carbons (Fsp3) is 0.368. The Morgan fingerprint density at radius 1 is 1.00 bits per heavy atom. The van der Waals surface area contributed by atoms with Gasteiger partial charge in [0.1, 0.15) is 6.10 Å². The fourth-order valence-electron chi connectivity index (χ4n) is 2.60. The first-order chi connectivity index (χ1) is 10.7. The molecule has 2 aromatic carbocycles. The van der Waals surface area contributed by atoms with Gasteiger partial charge in [0.25, 0.3) is 0 Å². The van der Waals surface area contributed by atoms with Gasteiger partial charge >= 0.3 is 0 Å². The van der Waals surface area contributed by atoms with Gasteiger partial charge in [-0.25, -0.2) is 0 Å². The maximum atomic E-state index is 5.92. The van der Waals surface area contributed by atoms with Crippen molar-refractivity contribution in [3.8, 4) is 0 Å². The third kappa shape index (κ3) is 3.74. The van der Waals surface area contributed by atoms with E-state index < -0.39 is 0 Å². The second-order valence-electron chi connectivity index (χ2n) is 5.77. The molecule has 0 N–H and O–H groups in total. The first-order valence-electron chi connectivity index (χ1n) is 7.68. The van der Waals surface area contributed by atoms with Gasteiger partial charge < -0.3 is 14.2 Å². The lowest BCUT2D eigenvalue weighted by molar-refractivity contribution is -0.232. The molecule has 116 valence electrons. The summed E-state index contributed by atoms with van der Waals surface area (Å²) in [5.74, 6) is 0. The standard InChI is InChI=1S/C19H22O3/c1-14-8-9-17(15(2)10-14)11-20-18-12-21-19(22-13-18)16-6-4-3-5-7-16/h3-10,18-19H,11-13H2,1-2H3/t18-,19+. The molecule has 3 heteroatoms. The van der Waals surface area contributed by atoms with E-state index in [9.17, 15) is 0 Å². The molecule has 1 heterocycles. The summed E-state index contributed by atoms with van der Waals surface area (Å²) in [6, 6.07) is 16.4. The minimum Gasteiger partial charge on any atom is -0.369 e. The Morgan fingerprint density at radius 2 is 1.73 bits per heavy atom. The molecule has 0 aliphatic carbocycles. The Labute approximate surface area is 131 Å². The molecule has 0 radical (unpaired) electrons. The number of ether oxygens (including phenoxy) is 3. The Morgan fingerprint density at radius 3 is 2.41 bits per heavy atom. The predicted molar refractivity (Wildman–Crippen MR) is 85.6 cm³/mol. The molecule has 3 nitrogen and oxygen atoms in total. The summed E-state index contributed by atoms with van der Waals surface area (Å²) < 4.78 is 17.5. The Hall–Kier alpha value is -1.68. The lowest BCUT2D eigenvalue weighted by Crippen LogP contribution is -2.33. The van der Waals surface area contributed by atoms with Gasteiger partial charge in [-0.3, -0.25) is 0 Å². The van der Waals surface area contributed by atoms with E-state index in [1.54, 1.807) is 0 Å². The third-order valence-electron chi connectivity index (χ3n) is 3.91. The Balaban J connectivity index is 1.50. The van der Waals surface area contributed by atoms with Crippen LogP contribution in [0.25, 0.3) is 0 Å². The van der Waals surface area contributed by atoms with Crippen molar-refractivity contribution in [3.63, 3.8) is 0 Å². The van der Waals surface area contributed by atoms with Crippen LogP contribution < -0.4 is 0 Å². The normalized spacial score (nSPS) is 21.7. The molecule has 1 aliphatic heterocycles. The van der Waals surface area contributed by atoms with E-state index in [0.717, 1.165) is 5.56 Å². The van der Waals surface area contributed by atoms with Crippen LogP contribution in [-0.4, -0.2) is 19.3 Å². The van der Waals surface area contributed by atoms with Crippen molar-refractivity contribution in [1.29, 1.82) is 0 Å². The highest BCUT2D eigenvalue weighted by molar-refractivity contribution is 5.29. The second-order valence-corrected chi connectivity index (χ2v) is 5.77. The average molecular weight is 298 g/mol. The van der Waals surface area contributed by atoms with E-state index in [4.69, 9.17) is 14.2 Å². The summed E-state index contributed by atoms with van der Waals surface area (Å²) in [6.07, 6.45) is -0.289. The van der Waals surface area contributed by atoms with Crippen molar-refractivity contribution >= 4 is 0 Å². The van der Waals surface area contributed by atoms with E-state index >= 15 is 0 Å². The maximum absolute atomic E-state index is 5.92. The van der Waals surface area contributed by atoms with Gasteiger partial charge in [0, 0.05) is 5.56 Å². The van der Waals surface area contributed by atoms with Crippen LogP contribution in [0.2, 0.25) is 0 Å². The number of rotatable bonds is 4. The molecule has 1 saturated heterocycles. The summed E-state index contributed by atoms with van der Waals surface area (Å²) in [5, 5.41) is 0. The number of hydrogen-bond donors (Lipinski definition) is 0. The molecular weight excluding hydrogens is 276 g/mol. The molecule has 0 bridgehead atoms. The SMILES string of the molecule is Cc1ccc(CO[C@H]2CO[C@@H](c3ccccc3)OC2)c(C)c1. The number of aryl methyl sites for hydroxylation is 2. The van der Waals surface area contributed by atoms with Gasteiger partial charge in [0.2, 0.25) is 0 Å². The summed E-state index contributed by atoms with van der Waals surface area (Å²) in [6.45, 7) is 5.93. The zero-order valence-electron chi connectivity index (χ0n) is 13.1. The Bertz CT molecular complexity index is 601. The van der Waals surface area contributed by atoms with Crippen LogP contribution in [0.4, 0.5) is 0 Å². The van der Waals surface area contributed by atoms with Crippen LogP contribution in [0.3, 0.4) is 0 Å². The first kappa shape index (κ1) is 15.2. The summed E-state index contributed by atoms with van der Waals surface area (Å²) >= 11 is 0. The topological polar surface area (TPSA) is 27.7 Å². The highest BCUT2D eigenvalue weighted by Crippen LogP contribution is 2.24. The minimum atomic E-state index is -0.276. The summed E-state index contributed by atoms with van der Waals surface area (Å²) in [7, 11) is 0. The largest absolute Gasteiger partial charge is 0.369 e. The monoisotopic (exact) mass is 298 g/mol. The highest BCUT2D eigenvalue weighted by Gasteiger charge is 2.23. The van der Waals surface area contributed by atoms with Crippen LogP contribution in [0.1, 0.15) is 28.5 Å². The van der Waals surface area contributed by atoms with E-state index in [2.05, 4.69) is 32.0 Å². The lowest BCUT2D eigenvalue weighted by atomic mass is 10.1. The minimum absolute atomic E-state index is 0.0133. The van der Waals surface area contributed by atoms with Crippen LogP contribution >= 0.6 is 0 Å². The van der Waals surface area contributed by atoms with Gasteiger partial charge in [0.15, 0.2) is 6.29 Å². The van der Waals surface area contributed by atoms with Crippen LogP contribution in [0.5, 0.6) is 0 Å². The van der Waals surface area contributed by atoms with Crippen molar-refractivity contribution in [2.45, 2.75) is 32.8 Å². The number of benzene rings is 2. The highest BCUT2D eigenvalue weighted by atomic mass is 16.7. The predicted octanol–water partition coefficient (Wildman–Crippen LogP) is 3.93. The average Bonchev–Trinajstić information content (AvgIpc) is 2.55. The maximum Gasteiger partial charge on any atom is 0.184 e. The summed E-state index contributed by atoms with van der Waals surface area (Å²) in [4.78, 5) is 0. The van der Waals surface area contributed by atoms with Gasteiger partial charge in [-0.2, -0.15) is 0 Å². The van der Waals surface area contributed by atoms with Crippen molar-refractivity contribution in [1.82, 2.24) is 0 Å². The molecule has 3 rings (SSSR count). The van der Waals surface area contributed by atoms with E-state index in [1.165, 1.54) is 16.7 Å². The van der Waals surface area contributed by atoms with Gasteiger partial charge in [0.05, 0.1) is 19.8 Å². The van der Waals surface area contributed by atoms with Crippen molar-refractivity contribution < 1.29 is 14.2 Å². The molecular formula is C19H22O3. The molecule has 1 aliphatic rings. The van der Waals surface area contributed by atoms with E-state index in [-0.39, 0.29) is 12.4 Å². The van der Waals surface area contributed by atoms with E-state index in [1.807, 2.05) is 30.3 Å². The second kappa shape index (κ2) is 7.05. The molecule has 0 atom stereocenters. The molecule has 22 heavy (non-hydrogen) atoms. The third-order valence-corrected chi connectivity index (χ3v) is 3.91. The van der Waals surface area contributed by atoms with Crippen molar-refractivity contribution in [2.24, 2.45) is 0 Å². The zero-order valence-corrected chi connectivity index (χ0v) is 13.1. The molecule has 0 saturated carbocycles. The molecule has 2 aromatic rings. The van der Waals surface area contributed by atoms with Crippen molar-refractivity contribution in [3.05, 3.63) is 70.8 Å². The van der Waals surface area contributed by atoms with E-state index in [0.29, 0.717) is 19.8 Å². The van der Waals surface area contributed by atoms with Crippen molar-refractivity contribution in [2.75, 3.05) is 13.2 Å². The van der Waals surface area contributed by atoms with Crippen LogP contribution in [0, 0.1) is 13.8 Å². The molecule has 0 amide bonds. The fourth-order valence-corrected chi connectivity index (χ4v) is 2.60. The van der Waals surface area contributed by atoms with Crippen LogP contribution in [0.15, 0.2) is 48.5 Å². The first-order valence-corrected chi connectivity index (χ1v) is 7.68. The molecule has 0 spiro atoms. The lowest BCUT2D eigenvalue weighted by Gasteiger charge is -2.29. The van der Waals surface area contributed by atoms with Gasteiger partial charge in [-0.15, -0.1) is 0 Å². The smallest absolute Gasteiger partial charge is 0.184 e. The quantitative estimate of drug-likeness (QED) is 0.856. The summed E-state index contributed by atoms with van der Waals surface area (Å²) in [5.41, 5.74) is 4.81. The molecule has 1 fully saturated rings. The molecule has 0 unspecified atom stereocenters. The molecule has 0 aromatic heterocycles.